The van der Waals surface area contributed by atoms with Crippen LogP contribution in [0.3, 0.4) is 0 Å². The van der Waals surface area contributed by atoms with Gasteiger partial charge in [0.2, 0.25) is 0 Å². The molecule has 2 nitrogen and oxygen atoms in total. The normalized spacial score (nSPS) is 13.6. The van der Waals surface area contributed by atoms with Crippen molar-refractivity contribution < 1.29 is 4.74 Å². The lowest BCUT2D eigenvalue weighted by molar-refractivity contribution is -0.0376. The van der Waals surface area contributed by atoms with Gasteiger partial charge in [0.1, 0.15) is 0 Å². The molecule has 4 heteroatoms. The van der Waals surface area contributed by atoms with Crippen LogP contribution in [0, 0.1) is 0 Å². The Hall–Kier alpha value is -0.280. The smallest absolute Gasteiger partial charge is 0.0781 e. The highest BCUT2D eigenvalue weighted by Gasteiger charge is 2.30. The standard InChI is InChI=1S/C15H23Cl2NO/c1-5-18-13(15(3,4)19-6-2)10-11-8-7-9-12(16)14(11)17/h7-9,13,18H,5-6,10H2,1-4H3. The van der Waals surface area contributed by atoms with E-state index in [1.807, 2.05) is 25.1 Å². The largest absolute Gasteiger partial charge is 0.374 e. The Bertz CT molecular complexity index is 407. The van der Waals surface area contributed by atoms with Crippen molar-refractivity contribution in [1.82, 2.24) is 5.32 Å². The van der Waals surface area contributed by atoms with Crippen molar-refractivity contribution in [3.05, 3.63) is 33.8 Å². The average Bonchev–Trinajstić information content (AvgIpc) is 2.34. The van der Waals surface area contributed by atoms with E-state index in [4.69, 9.17) is 27.9 Å². The van der Waals surface area contributed by atoms with E-state index in [9.17, 15) is 0 Å². The van der Waals surface area contributed by atoms with Crippen LogP contribution < -0.4 is 5.32 Å². The number of nitrogens with one attached hydrogen (secondary N) is 1. The molecule has 0 aliphatic carbocycles. The summed E-state index contributed by atoms with van der Waals surface area (Å²) in [6, 6.07) is 5.94. The molecule has 0 aliphatic rings. The fraction of sp³-hybridized carbons (Fsp3) is 0.600. The maximum atomic E-state index is 6.26. The molecule has 1 aromatic carbocycles. The van der Waals surface area contributed by atoms with Crippen LogP contribution in [-0.4, -0.2) is 24.8 Å². The van der Waals surface area contributed by atoms with Crippen molar-refractivity contribution in [3.8, 4) is 0 Å². The SMILES string of the molecule is CCNC(Cc1cccc(Cl)c1Cl)C(C)(C)OCC. The minimum atomic E-state index is -0.254. The van der Waals surface area contributed by atoms with E-state index >= 15 is 0 Å². The van der Waals surface area contributed by atoms with Crippen molar-refractivity contribution in [1.29, 1.82) is 0 Å². The van der Waals surface area contributed by atoms with E-state index in [1.54, 1.807) is 0 Å². The molecule has 19 heavy (non-hydrogen) atoms. The number of hydrogen-bond donors (Lipinski definition) is 1. The molecule has 0 radical (unpaired) electrons. The lowest BCUT2D eigenvalue weighted by Gasteiger charge is -2.35. The summed E-state index contributed by atoms with van der Waals surface area (Å²) in [6.07, 6.45) is 0.792. The maximum Gasteiger partial charge on any atom is 0.0781 e. The Morgan fingerprint density at radius 3 is 2.53 bits per heavy atom. The molecule has 1 unspecified atom stereocenters. The molecule has 1 atom stereocenters. The second kappa shape index (κ2) is 7.49. The van der Waals surface area contributed by atoms with Gasteiger partial charge in [-0.1, -0.05) is 42.3 Å². The second-order valence-electron chi connectivity index (χ2n) is 5.06. The molecule has 0 bridgehead atoms. The zero-order valence-electron chi connectivity index (χ0n) is 12.1. The summed E-state index contributed by atoms with van der Waals surface area (Å²) < 4.78 is 5.85. The Morgan fingerprint density at radius 1 is 1.26 bits per heavy atom. The van der Waals surface area contributed by atoms with Gasteiger partial charge in [-0.15, -0.1) is 0 Å². The molecule has 1 N–H and O–H groups in total. The Morgan fingerprint density at radius 2 is 1.95 bits per heavy atom. The first kappa shape index (κ1) is 16.8. The van der Waals surface area contributed by atoms with E-state index in [2.05, 4.69) is 26.1 Å². The highest BCUT2D eigenvalue weighted by atomic mass is 35.5. The van der Waals surface area contributed by atoms with Gasteiger partial charge in [0.15, 0.2) is 0 Å². The van der Waals surface area contributed by atoms with Crippen molar-refractivity contribution in [2.45, 2.75) is 45.8 Å². The zero-order chi connectivity index (χ0) is 14.5. The van der Waals surface area contributed by atoms with Gasteiger partial charge in [-0.05, 0) is 45.4 Å². The van der Waals surface area contributed by atoms with Gasteiger partial charge in [0, 0.05) is 12.6 Å². The summed E-state index contributed by atoms with van der Waals surface area (Å²) in [6.45, 7) is 9.88. The van der Waals surface area contributed by atoms with Gasteiger partial charge in [-0.25, -0.2) is 0 Å². The Kier molecular flexibility index (Phi) is 6.61. The summed E-state index contributed by atoms with van der Waals surface area (Å²) in [5.41, 5.74) is 0.795. The van der Waals surface area contributed by atoms with Crippen LogP contribution in [0.25, 0.3) is 0 Å². The summed E-state index contributed by atoms with van der Waals surface area (Å²) in [5.74, 6) is 0. The van der Waals surface area contributed by atoms with Crippen LogP contribution >= 0.6 is 23.2 Å². The molecule has 0 saturated heterocycles. The van der Waals surface area contributed by atoms with Gasteiger partial charge < -0.3 is 10.1 Å². The van der Waals surface area contributed by atoms with Crippen molar-refractivity contribution in [2.24, 2.45) is 0 Å². The number of ether oxygens (including phenoxy) is 1. The first-order chi connectivity index (χ1) is 8.92. The number of rotatable bonds is 7. The number of benzene rings is 1. The number of hydrogen-bond acceptors (Lipinski definition) is 2. The van der Waals surface area contributed by atoms with Crippen molar-refractivity contribution in [3.63, 3.8) is 0 Å². The predicted molar refractivity (Wildman–Crippen MR) is 83.3 cm³/mol. The quantitative estimate of drug-likeness (QED) is 0.809. The van der Waals surface area contributed by atoms with Crippen LogP contribution in [-0.2, 0) is 11.2 Å². The minimum Gasteiger partial charge on any atom is -0.374 e. The fourth-order valence-electron chi connectivity index (χ4n) is 2.21. The second-order valence-corrected chi connectivity index (χ2v) is 5.85. The fourth-order valence-corrected chi connectivity index (χ4v) is 2.61. The Balaban J connectivity index is 2.92. The topological polar surface area (TPSA) is 21.3 Å². The van der Waals surface area contributed by atoms with Gasteiger partial charge in [0.05, 0.1) is 15.6 Å². The summed E-state index contributed by atoms with van der Waals surface area (Å²) in [7, 11) is 0. The molecule has 0 spiro atoms. The Labute approximate surface area is 126 Å². The summed E-state index contributed by atoms with van der Waals surface area (Å²) in [5, 5.41) is 4.72. The van der Waals surface area contributed by atoms with Gasteiger partial charge in [-0.2, -0.15) is 0 Å². The molecule has 108 valence electrons. The van der Waals surface area contributed by atoms with Gasteiger partial charge >= 0.3 is 0 Å². The molecule has 0 aliphatic heterocycles. The molecule has 0 aromatic heterocycles. The third-order valence-corrected chi connectivity index (χ3v) is 4.12. The third-order valence-electron chi connectivity index (χ3n) is 3.26. The molecule has 1 aromatic rings. The van der Waals surface area contributed by atoms with Crippen LogP contribution in [0.2, 0.25) is 10.0 Å². The predicted octanol–water partition coefficient (Wildman–Crippen LogP) is 4.33. The number of likely N-dealkylation sites (N-methyl/N-ethyl adjacent to an activating group) is 1. The van der Waals surface area contributed by atoms with E-state index in [0.29, 0.717) is 16.7 Å². The number of halogens is 2. The third kappa shape index (κ3) is 4.64. The van der Waals surface area contributed by atoms with Crippen LogP contribution in [0.5, 0.6) is 0 Å². The van der Waals surface area contributed by atoms with Crippen LogP contribution in [0.15, 0.2) is 18.2 Å². The molecule has 0 saturated carbocycles. The first-order valence-electron chi connectivity index (χ1n) is 6.72. The van der Waals surface area contributed by atoms with E-state index < -0.39 is 0 Å². The molecular formula is C15H23Cl2NO. The maximum absolute atomic E-state index is 6.26. The highest BCUT2D eigenvalue weighted by Crippen LogP contribution is 2.28. The summed E-state index contributed by atoms with van der Waals surface area (Å²) >= 11 is 12.3. The van der Waals surface area contributed by atoms with Crippen molar-refractivity contribution >= 4 is 23.2 Å². The van der Waals surface area contributed by atoms with E-state index in [0.717, 1.165) is 18.5 Å². The van der Waals surface area contributed by atoms with Gasteiger partial charge in [-0.3, -0.25) is 0 Å². The van der Waals surface area contributed by atoms with E-state index in [-0.39, 0.29) is 11.6 Å². The molecule has 0 amide bonds. The summed E-state index contributed by atoms with van der Waals surface area (Å²) in [4.78, 5) is 0. The molecule has 0 fully saturated rings. The molecule has 1 rings (SSSR count). The van der Waals surface area contributed by atoms with Crippen molar-refractivity contribution in [2.75, 3.05) is 13.2 Å². The molecular weight excluding hydrogens is 281 g/mol. The first-order valence-corrected chi connectivity index (χ1v) is 7.48. The lowest BCUT2D eigenvalue weighted by atomic mass is 9.92. The molecule has 0 heterocycles. The van der Waals surface area contributed by atoms with Crippen LogP contribution in [0.1, 0.15) is 33.3 Å². The van der Waals surface area contributed by atoms with Gasteiger partial charge in [0.25, 0.3) is 0 Å². The average molecular weight is 304 g/mol. The van der Waals surface area contributed by atoms with Crippen LogP contribution in [0.4, 0.5) is 0 Å². The zero-order valence-corrected chi connectivity index (χ0v) is 13.6. The minimum absolute atomic E-state index is 0.188. The highest BCUT2D eigenvalue weighted by molar-refractivity contribution is 6.42. The monoisotopic (exact) mass is 303 g/mol. The lowest BCUT2D eigenvalue weighted by Crippen LogP contribution is -2.50. The van der Waals surface area contributed by atoms with E-state index in [1.165, 1.54) is 0 Å².